The molecule has 3 atom stereocenters. The van der Waals surface area contributed by atoms with Crippen molar-refractivity contribution >= 4 is 21.4 Å². The molecule has 0 bridgehead atoms. The van der Waals surface area contributed by atoms with E-state index in [0.29, 0.717) is 17.4 Å². The van der Waals surface area contributed by atoms with Crippen molar-refractivity contribution in [2.75, 3.05) is 16.2 Å². The van der Waals surface area contributed by atoms with Crippen LogP contribution in [0.3, 0.4) is 0 Å². The lowest BCUT2D eigenvalue weighted by molar-refractivity contribution is 0.424. The zero-order valence-corrected chi connectivity index (χ0v) is 18.3. The molecule has 0 radical (unpaired) electrons. The summed E-state index contributed by atoms with van der Waals surface area (Å²) in [6.07, 6.45) is 6.07. The molecule has 3 aromatic carbocycles. The predicted molar refractivity (Wildman–Crippen MR) is 126 cm³/mol. The number of anilines is 2. The zero-order chi connectivity index (χ0) is 21.9. The summed E-state index contributed by atoms with van der Waals surface area (Å²) in [5.74, 6) is 0.716. The highest BCUT2D eigenvalue weighted by atomic mass is 32.2. The highest BCUT2D eigenvalue weighted by molar-refractivity contribution is 7.92. The van der Waals surface area contributed by atoms with Gasteiger partial charge in [-0.15, -0.1) is 0 Å². The maximum Gasteiger partial charge on any atom is 0.264 e. The molecule has 2 aliphatic heterocycles. The zero-order valence-electron chi connectivity index (χ0n) is 17.5. The van der Waals surface area contributed by atoms with Crippen LogP contribution >= 0.6 is 0 Å². The van der Waals surface area contributed by atoms with Crippen LogP contribution in [-0.2, 0) is 16.4 Å². The Morgan fingerprint density at radius 1 is 1.00 bits per heavy atom. The van der Waals surface area contributed by atoms with Crippen LogP contribution in [0.1, 0.15) is 35.1 Å². The number of sulfonamides is 1. The summed E-state index contributed by atoms with van der Waals surface area (Å²) >= 11 is 0. The Morgan fingerprint density at radius 3 is 2.66 bits per heavy atom. The molecule has 0 fully saturated rings. The van der Waals surface area contributed by atoms with Crippen LogP contribution in [0.4, 0.5) is 11.4 Å². The van der Waals surface area contributed by atoms with Crippen molar-refractivity contribution in [3.63, 3.8) is 0 Å². The first kappa shape index (κ1) is 19.4. The number of phenols is 1. The third-order valence-corrected chi connectivity index (χ3v) is 8.83. The number of hydrogen-bond acceptors (Lipinski definition) is 4. The van der Waals surface area contributed by atoms with Crippen molar-refractivity contribution in [1.29, 1.82) is 0 Å². The van der Waals surface area contributed by atoms with Gasteiger partial charge in [-0.3, -0.25) is 4.31 Å². The highest BCUT2D eigenvalue weighted by Gasteiger charge is 2.39. The van der Waals surface area contributed by atoms with Crippen LogP contribution < -0.4 is 9.62 Å². The molecule has 0 amide bonds. The van der Waals surface area contributed by atoms with Gasteiger partial charge in [-0.05, 0) is 71.8 Å². The molecule has 0 aromatic heterocycles. The number of para-hydroxylation sites is 1. The van der Waals surface area contributed by atoms with Gasteiger partial charge in [-0.25, -0.2) is 8.42 Å². The summed E-state index contributed by atoms with van der Waals surface area (Å²) in [4.78, 5) is 0.344. The maximum absolute atomic E-state index is 13.6. The van der Waals surface area contributed by atoms with Crippen LogP contribution in [0.2, 0.25) is 0 Å². The standard InChI is InChI=1S/C26H24N2O3S/c29-19-10-8-18(9-11-19)26-22-6-3-5-21(22)23-16-20(12-13-24(23)27-26)32(30,31)28-15-14-17-4-1-2-7-25(17)28/h1-5,7-13,16,21-22,26-27,29H,6,14-15H2. The minimum absolute atomic E-state index is 0.107. The maximum atomic E-state index is 13.6. The van der Waals surface area contributed by atoms with Crippen molar-refractivity contribution in [2.24, 2.45) is 5.92 Å². The van der Waals surface area contributed by atoms with Crippen LogP contribution in [0.25, 0.3) is 0 Å². The number of phenolic OH excluding ortho intramolecular Hbond substituents is 1. The second-order valence-electron chi connectivity index (χ2n) is 8.77. The minimum atomic E-state index is -3.63. The summed E-state index contributed by atoms with van der Waals surface area (Å²) in [6, 6.07) is 20.7. The van der Waals surface area contributed by atoms with Gasteiger partial charge >= 0.3 is 0 Å². The average Bonchev–Trinajstić information content (AvgIpc) is 3.47. The van der Waals surface area contributed by atoms with Gasteiger partial charge in [0.1, 0.15) is 5.75 Å². The van der Waals surface area contributed by atoms with Gasteiger partial charge in [-0.1, -0.05) is 42.5 Å². The molecule has 2 N–H and O–H groups in total. The van der Waals surface area contributed by atoms with Crippen LogP contribution in [0.5, 0.6) is 5.75 Å². The summed E-state index contributed by atoms with van der Waals surface area (Å²) < 4.78 is 28.7. The first-order chi connectivity index (χ1) is 15.5. The molecular weight excluding hydrogens is 420 g/mol. The first-order valence-corrected chi connectivity index (χ1v) is 12.4. The summed E-state index contributed by atoms with van der Waals surface area (Å²) in [6.45, 7) is 0.478. The van der Waals surface area contributed by atoms with E-state index >= 15 is 0 Å². The normalized spacial score (nSPS) is 23.4. The number of nitrogens with zero attached hydrogens (tertiary/aromatic N) is 1. The Bertz CT molecular complexity index is 1330. The lowest BCUT2D eigenvalue weighted by Crippen LogP contribution is -2.31. The SMILES string of the molecule is O=S(=O)(c1ccc2c(c1)C1C=CCC1C(c1ccc(O)cc1)N2)N1CCc2ccccc21. The molecule has 162 valence electrons. The molecule has 0 saturated heterocycles. The molecule has 3 unspecified atom stereocenters. The van der Waals surface area contributed by atoms with E-state index in [-0.39, 0.29) is 17.7 Å². The highest BCUT2D eigenvalue weighted by Crippen LogP contribution is 2.50. The number of rotatable bonds is 3. The lowest BCUT2D eigenvalue weighted by atomic mass is 9.77. The van der Waals surface area contributed by atoms with E-state index in [4.69, 9.17) is 0 Å². The van der Waals surface area contributed by atoms with Gasteiger partial charge in [0, 0.05) is 18.2 Å². The van der Waals surface area contributed by atoms with E-state index < -0.39 is 10.0 Å². The molecule has 6 rings (SSSR count). The van der Waals surface area contributed by atoms with Crippen LogP contribution in [0, 0.1) is 5.92 Å². The molecule has 0 saturated carbocycles. The Balaban J connectivity index is 1.38. The van der Waals surface area contributed by atoms with Crippen molar-refractivity contribution in [1.82, 2.24) is 0 Å². The monoisotopic (exact) mass is 444 g/mol. The smallest absolute Gasteiger partial charge is 0.264 e. The molecule has 3 aliphatic rings. The third kappa shape index (κ3) is 2.93. The van der Waals surface area contributed by atoms with E-state index in [0.717, 1.165) is 40.9 Å². The van der Waals surface area contributed by atoms with Crippen molar-refractivity contribution in [2.45, 2.75) is 29.7 Å². The molecule has 0 spiro atoms. The quantitative estimate of drug-likeness (QED) is 0.560. The van der Waals surface area contributed by atoms with E-state index in [1.807, 2.05) is 48.5 Å². The van der Waals surface area contributed by atoms with Crippen LogP contribution in [0.15, 0.2) is 83.8 Å². The summed E-state index contributed by atoms with van der Waals surface area (Å²) in [7, 11) is -3.63. The fourth-order valence-electron chi connectivity index (χ4n) is 5.43. The number of hydrogen-bond donors (Lipinski definition) is 2. The minimum Gasteiger partial charge on any atom is -0.508 e. The second-order valence-corrected chi connectivity index (χ2v) is 10.6. The van der Waals surface area contributed by atoms with Crippen molar-refractivity contribution < 1.29 is 13.5 Å². The number of nitrogens with one attached hydrogen (secondary N) is 1. The molecule has 2 heterocycles. The number of benzene rings is 3. The molecule has 6 heteroatoms. The van der Waals surface area contributed by atoms with Crippen molar-refractivity contribution in [3.8, 4) is 5.75 Å². The molecular formula is C26H24N2O3S. The Hall–Kier alpha value is -3.25. The molecule has 1 aliphatic carbocycles. The number of allylic oxidation sites excluding steroid dienone is 2. The van der Waals surface area contributed by atoms with Gasteiger partial charge in [-0.2, -0.15) is 0 Å². The number of fused-ring (bicyclic) bond motifs is 4. The fraction of sp³-hybridized carbons (Fsp3) is 0.231. The fourth-order valence-corrected chi connectivity index (χ4v) is 6.97. The molecule has 3 aromatic rings. The number of aromatic hydroxyl groups is 1. The Morgan fingerprint density at radius 2 is 1.81 bits per heavy atom. The topological polar surface area (TPSA) is 69.6 Å². The van der Waals surface area contributed by atoms with Gasteiger partial charge in [0.25, 0.3) is 10.0 Å². The lowest BCUT2D eigenvalue weighted by Gasteiger charge is -2.38. The average molecular weight is 445 g/mol. The second kappa shape index (κ2) is 7.14. The van der Waals surface area contributed by atoms with E-state index in [1.165, 1.54) is 0 Å². The molecule has 32 heavy (non-hydrogen) atoms. The van der Waals surface area contributed by atoms with Gasteiger partial charge < -0.3 is 10.4 Å². The van der Waals surface area contributed by atoms with Gasteiger partial charge in [0.15, 0.2) is 0 Å². The van der Waals surface area contributed by atoms with Crippen molar-refractivity contribution in [3.05, 3.63) is 95.6 Å². The first-order valence-electron chi connectivity index (χ1n) is 11.0. The van der Waals surface area contributed by atoms with E-state index in [2.05, 4.69) is 17.5 Å². The predicted octanol–water partition coefficient (Wildman–Crippen LogP) is 4.97. The van der Waals surface area contributed by atoms with Gasteiger partial charge in [0.05, 0.1) is 16.6 Å². The summed E-state index contributed by atoms with van der Waals surface area (Å²) in [5.41, 5.74) is 4.99. The molecule has 5 nitrogen and oxygen atoms in total. The van der Waals surface area contributed by atoms with Gasteiger partial charge in [0.2, 0.25) is 0 Å². The Kier molecular flexibility index (Phi) is 4.33. The Labute approximate surface area is 188 Å². The largest absolute Gasteiger partial charge is 0.508 e. The van der Waals surface area contributed by atoms with E-state index in [1.54, 1.807) is 22.5 Å². The summed E-state index contributed by atoms with van der Waals surface area (Å²) in [5, 5.41) is 13.3. The van der Waals surface area contributed by atoms with E-state index in [9.17, 15) is 13.5 Å². The third-order valence-electron chi connectivity index (χ3n) is 7.02. The van der Waals surface area contributed by atoms with Crippen LogP contribution in [-0.4, -0.2) is 20.1 Å².